The lowest BCUT2D eigenvalue weighted by Gasteiger charge is -2.30. The van der Waals surface area contributed by atoms with Gasteiger partial charge >= 0.3 is 0 Å². The maximum Gasteiger partial charge on any atom is 0.0618 e. The second kappa shape index (κ2) is 10.2. The first-order valence-electron chi connectivity index (χ1n) is 11.6. The molecule has 0 bridgehead atoms. The molecule has 0 aromatic heterocycles. The van der Waals surface area contributed by atoms with Crippen LogP contribution in [0, 0.1) is 0 Å². The van der Waals surface area contributed by atoms with Gasteiger partial charge in [-0.2, -0.15) is 0 Å². The molecule has 0 saturated carbocycles. The quantitative estimate of drug-likeness (QED) is 0.218. The van der Waals surface area contributed by atoms with E-state index < -0.39 is 0 Å². The maximum atomic E-state index is 2.39. The molecule has 0 N–H and O–H groups in total. The van der Waals surface area contributed by atoms with E-state index in [2.05, 4.69) is 148 Å². The first-order chi connectivity index (χ1) is 16.2. The Kier molecular flexibility index (Phi) is 6.90. The van der Waals surface area contributed by atoms with E-state index >= 15 is 0 Å². The highest BCUT2D eigenvalue weighted by Crippen LogP contribution is 2.45. The van der Waals surface area contributed by atoms with E-state index in [0.29, 0.717) is 0 Å². The van der Waals surface area contributed by atoms with Crippen LogP contribution < -0.4 is 4.90 Å². The van der Waals surface area contributed by atoms with E-state index in [0.717, 1.165) is 11.4 Å². The van der Waals surface area contributed by atoms with Crippen LogP contribution in [-0.4, -0.2) is 0 Å². The lowest BCUT2D eigenvalue weighted by atomic mass is 9.90. The molecular formula is C32H31N. The molecule has 0 aliphatic rings. The number of para-hydroxylation sites is 1. The summed E-state index contributed by atoms with van der Waals surface area (Å²) >= 11 is 0. The minimum absolute atomic E-state index is 1.15. The van der Waals surface area contributed by atoms with Crippen molar-refractivity contribution >= 4 is 38.5 Å². The van der Waals surface area contributed by atoms with Crippen LogP contribution in [0.3, 0.4) is 0 Å². The monoisotopic (exact) mass is 429 g/mol. The zero-order chi connectivity index (χ0) is 23.2. The summed E-state index contributed by atoms with van der Waals surface area (Å²) in [5.74, 6) is 0. The topological polar surface area (TPSA) is 3.24 Å². The van der Waals surface area contributed by atoms with Gasteiger partial charge in [0.15, 0.2) is 0 Å². The molecule has 0 fully saturated rings. The van der Waals surface area contributed by atoms with Crippen molar-refractivity contribution in [3.8, 4) is 0 Å². The summed E-state index contributed by atoms with van der Waals surface area (Å²) < 4.78 is 0. The highest BCUT2D eigenvalue weighted by molar-refractivity contribution is 6.19. The molecule has 0 radical (unpaired) electrons. The van der Waals surface area contributed by atoms with Crippen molar-refractivity contribution in [2.45, 2.75) is 27.7 Å². The van der Waals surface area contributed by atoms with Gasteiger partial charge in [0.2, 0.25) is 0 Å². The van der Waals surface area contributed by atoms with Gasteiger partial charge < -0.3 is 4.90 Å². The molecule has 0 amide bonds. The zero-order valence-electron chi connectivity index (χ0n) is 19.9. The van der Waals surface area contributed by atoms with E-state index in [1.54, 1.807) is 0 Å². The molecule has 1 heteroatoms. The van der Waals surface area contributed by atoms with Gasteiger partial charge in [-0.15, -0.1) is 0 Å². The minimum atomic E-state index is 1.15. The van der Waals surface area contributed by atoms with Crippen LogP contribution in [0.4, 0.5) is 11.4 Å². The fourth-order valence-electron chi connectivity index (χ4n) is 4.55. The third kappa shape index (κ3) is 4.27. The predicted octanol–water partition coefficient (Wildman–Crippen LogP) is 9.59. The summed E-state index contributed by atoms with van der Waals surface area (Å²) in [6, 6.07) is 28.2. The predicted molar refractivity (Wildman–Crippen MR) is 147 cm³/mol. The van der Waals surface area contributed by atoms with Crippen LogP contribution in [-0.2, 0) is 0 Å². The molecule has 164 valence electrons. The Balaban J connectivity index is 2.20. The van der Waals surface area contributed by atoms with E-state index in [1.165, 1.54) is 38.4 Å². The second-order valence-electron chi connectivity index (χ2n) is 8.07. The van der Waals surface area contributed by atoms with Gasteiger partial charge in [-0.05, 0) is 67.8 Å². The zero-order valence-corrected chi connectivity index (χ0v) is 19.9. The van der Waals surface area contributed by atoms with E-state index in [9.17, 15) is 0 Å². The van der Waals surface area contributed by atoms with Crippen LogP contribution in [0.15, 0.2) is 121 Å². The highest BCUT2D eigenvalue weighted by atomic mass is 15.1. The van der Waals surface area contributed by atoms with Crippen LogP contribution in [0.2, 0.25) is 0 Å². The Morgan fingerprint density at radius 2 is 1.21 bits per heavy atom. The van der Waals surface area contributed by atoms with Gasteiger partial charge in [-0.1, -0.05) is 97.1 Å². The van der Waals surface area contributed by atoms with Crippen molar-refractivity contribution in [2.75, 3.05) is 4.90 Å². The average Bonchev–Trinajstić information content (AvgIpc) is 2.87. The van der Waals surface area contributed by atoms with Gasteiger partial charge in [-0.3, -0.25) is 0 Å². The van der Waals surface area contributed by atoms with Crippen molar-refractivity contribution in [1.82, 2.24) is 0 Å². The lowest BCUT2D eigenvalue weighted by molar-refractivity contribution is 1.22. The van der Waals surface area contributed by atoms with Crippen LogP contribution in [0.25, 0.3) is 27.1 Å². The molecule has 4 aromatic rings. The number of nitrogens with zero attached hydrogens (tertiary/aromatic N) is 1. The smallest absolute Gasteiger partial charge is 0.0618 e. The summed E-state index contributed by atoms with van der Waals surface area (Å²) in [6.45, 7) is 8.44. The van der Waals surface area contributed by atoms with Crippen molar-refractivity contribution in [2.24, 2.45) is 0 Å². The number of rotatable bonds is 6. The summed E-state index contributed by atoms with van der Waals surface area (Å²) in [7, 11) is 0. The first-order valence-corrected chi connectivity index (χ1v) is 11.6. The number of fused-ring (bicyclic) bond motifs is 2. The molecule has 0 aliphatic carbocycles. The fraction of sp³-hybridized carbons (Fsp3) is 0.125. The molecule has 4 rings (SSSR count). The van der Waals surface area contributed by atoms with Gasteiger partial charge in [0.1, 0.15) is 0 Å². The Morgan fingerprint density at radius 3 is 1.73 bits per heavy atom. The molecule has 0 unspecified atom stereocenters. The molecule has 4 aromatic carbocycles. The summed E-state index contributed by atoms with van der Waals surface area (Å²) in [4.78, 5) is 2.39. The number of hydrogen-bond acceptors (Lipinski definition) is 1. The largest absolute Gasteiger partial charge is 0.310 e. The number of anilines is 2. The molecular weight excluding hydrogens is 398 g/mol. The highest BCUT2D eigenvalue weighted by Gasteiger charge is 2.21. The Labute approximate surface area is 197 Å². The van der Waals surface area contributed by atoms with Crippen molar-refractivity contribution < 1.29 is 0 Å². The third-order valence-corrected chi connectivity index (χ3v) is 5.97. The van der Waals surface area contributed by atoms with Crippen LogP contribution >= 0.6 is 0 Å². The molecule has 0 atom stereocenters. The average molecular weight is 430 g/mol. The normalized spacial score (nSPS) is 13.0. The van der Waals surface area contributed by atoms with Crippen LogP contribution in [0.1, 0.15) is 33.3 Å². The Hall–Kier alpha value is -3.84. The molecule has 0 aliphatic heterocycles. The van der Waals surface area contributed by atoms with Crippen molar-refractivity contribution in [3.05, 3.63) is 127 Å². The van der Waals surface area contributed by atoms with Crippen molar-refractivity contribution in [1.29, 1.82) is 0 Å². The standard InChI is InChI=1S/C32H31N/c1-5-8-17-24(4)31-27-20-12-14-22-29(27)32(30-23-15-13-21-28(30)31)33(25(7-3)16-6-2)26-18-10-9-11-19-26/h5-23H,1-4H3/b8-5-,16-6-,24-17+,25-7+. The SMILES string of the molecule is C/C=C\C=C(/C)c1c2ccccc2c(N(C(/C=C\C)=C/C)c2ccccc2)c2ccccc12. The first kappa shape index (κ1) is 22.4. The molecule has 1 nitrogen and oxygen atoms in total. The molecule has 0 spiro atoms. The Morgan fingerprint density at radius 1 is 0.667 bits per heavy atom. The summed E-state index contributed by atoms with van der Waals surface area (Å²) in [6.07, 6.45) is 12.9. The lowest BCUT2D eigenvalue weighted by Crippen LogP contribution is -2.16. The van der Waals surface area contributed by atoms with Crippen LogP contribution in [0.5, 0.6) is 0 Å². The third-order valence-electron chi connectivity index (χ3n) is 5.97. The summed E-state index contributed by atoms with van der Waals surface area (Å²) in [5.41, 5.74) is 6.06. The number of hydrogen-bond donors (Lipinski definition) is 0. The van der Waals surface area contributed by atoms with E-state index in [4.69, 9.17) is 0 Å². The minimum Gasteiger partial charge on any atom is -0.310 e. The number of allylic oxidation sites excluding steroid dienone is 7. The number of benzene rings is 4. The fourth-order valence-corrected chi connectivity index (χ4v) is 4.55. The molecule has 0 saturated heterocycles. The van der Waals surface area contributed by atoms with Gasteiger partial charge in [0.25, 0.3) is 0 Å². The molecule has 33 heavy (non-hydrogen) atoms. The van der Waals surface area contributed by atoms with E-state index in [-0.39, 0.29) is 0 Å². The van der Waals surface area contributed by atoms with E-state index in [1.807, 2.05) is 0 Å². The summed E-state index contributed by atoms with van der Waals surface area (Å²) in [5, 5.41) is 5.02. The second-order valence-corrected chi connectivity index (χ2v) is 8.07. The molecule has 0 heterocycles. The maximum absolute atomic E-state index is 2.39. The van der Waals surface area contributed by atoms with Gasteiger partial charge in [0, 0.05) is 22.2 Å². The van der Waals surface area contributed by atoms with Gasteiger partial charge in [-0.25, -0.2) is 0 Å². The van der Waals surface area contributed by atoms with Crippen molar-refractivity contribution in [3.63, 3.8) is 0 Å². The Bertz CT molecular complexity index is 1330. The van der Waals surface area contributed by atoms with Gasteiger partial charge in [0.05, 0.1) is 5.69 Å².